The Balaban J connectivity index is 1.77. The average Bonchev–Trinajstić information content (AvgIpc) is 3.43. The van der Waals surface area contributed by atoms with Crippen molar-refractivity contribution in [3.63, 3.8) is 0 Å². The molecule has 0 saturated carbocycles. The molecule has 0 fully saturated rings. The highest BCUT2D eigenvalue weighted by molar-refractivity contribution is 7.13. The van der Waals surface area contributed by atoms with Gasteiger partial charge in [-0.3, -0.25) is 14.6 Å². The van der Waals surface area contributed by atoms with Gasteiger partial charge < -0.3 is 5.32 Å². The number of carbonyl (C=O) groups excluding carboxylic acids is 1. The number of thiophene rings is 1. The Morgan fingerprint density at radius 1 is 1.15 bits per heavy atom. The lowest BCUT2D eigenvalue weighted by Crippen LogP contribution is -2.20. The number of amides is 1. The summed E-state index contributed by atoms with van der Waals surface area (Å²) in [5, 5.41) is 8.91. The molecule has 0 spiro atoms. The van der Waals surface area contributed by atoms with Gasteiger partial charge in [0.05, 0.1) is 16.1 Å². The second kappa shape index (κ2) is 8.66. The number of H-pyrrole nitrogens is 1. The molecule has 3 aromatic heterocycles. The van der Waals surface area contributed by atoms with Crippen LogP contribution < -0.4 is 10.9 Å². The monoisotopic (exact) mass is 473 g/mol. The summed E-state index contributed by atoms with van der Waals surface area (Å²) >= 11 is 1.42. The van der Waals surface area contributed by atoms with Crippen LogP contribution >= 0.6 is 11.3 Å². The van der Waals surface area contributed by atoms with Gasteiger partial charge in [0.25, 0.3) is 11.5 Å². The van der Waals surface area contributed by atoms with Crippen molar-refractivity contribution in [2.24, 2.45) is 0 Å². The van der Waals surface area contributed by atoms with Crippen molar-refractivity contribution in [3.05, 3.63) is 81.1 Å². The molecule has 33 heavy (non-hydrogen) atoms. The number of nitrogens with one attached hydrogen (secondary N) is 2. The summed E-state index contributed by atoms with van der Waals surface area (Å²) in [5.74, 6) is -0.581. The maximum Gasteiger partial charge on any atom is 0.416 e. The predicted octanol–water partition coefficient (Wildman–Crippen LogP) is 5.08. The number of carbonyl (C=O) groups is 1. The summed E-state index contributed by atoms with van der Waals surface area (Å²) in [6.45, 7) is 3.75. The highest BCUT2D eigenvalue weighted by atomic mass is 32.1. The van der Waals surface area contributed by atoms with Gasteiger partial charge in [-0.05, 0) is 35.6 Å². The van der Waals surface area contributed by atoms with Crippen LogP contribution in [0.4, 0.5) is 19.0 Å². The smallest absolute Gasteiger partial charge is 0.306 e. The third-order valence-corrected chi connectivity index (χ3v) is 5.61. The molecule has 7 nitrogen and oxygen atoms in total. The third kappa shape index (κ3) is 4.87. The first-order valence-corrected chi connectivity index (χ1v) is 10.7. The molecule has 0 unspecified atom stereocenters. The highest BCUT2D eigenvalue weighted by Crippen LogP contribution is 2.30. The molecule has 1 aromatic carbocycles. The first-order chi connectivity index (χ1) is 15.6. The van der Waals surface area contributed by atoms with Crippen molar-refractivity contribution in [1.82, 2.24) is 19.7 Å². The second-order valence-electron chi connectivity index (χ2n) is 7.49. The minimum atomic E-state index is -4.58. The third-order valence-electron chi connectivity index (χ3n) is 4.72. The topological polar surface area (TPSA) is 92.7 Å². The number of hydrogen-bond acceptors (Lipinski definition) is 5. The van der Waals surface area contributed by atoms with Crippen molar-refractivity contribution in [3.8, 4) is 16.5 Å². The first kappa shape index (κ1) is 22.5. The van der Waals surface area contributed by atoms with Gasteiger partial charge in [0, 0.05) is 17.7 Å². The predicted molar refractivity (Wildman–Crippen MR) is 119 cm³/mol. The number of halogens is 3. The molecule has 0 radical (unpaired) electrons. The number of alkyl halides is 3. The standard InChI is InChI=1S/C22H18F3N5O2S/c1-12(2)15-11-19(31)28-21(26-15)30-18(10-16(29-30)17-7-4-8-33-17)27-20(32)13-5-3-6-14(9-13)22(23,24)25/h3-12H,1-2H3,(H,27,32)(H,26,28,31). The molecule has 0 saturated heterocycles. The normalized spacial score (nSPS) is 11.7. The van der Waals surface area contributed by atoms with E-state index in [9.17, 15) is 22.8 Å². The van der Waals surface area contributed by atoms with Gasteiger partial charge in [-0.2, -0.15) is 23.0 Å². The van der Waals surface area contributed by atoms with Crippen LogP contribution in [0.15, 0.2) is 58.7 Å². The zero-order chi connectivity index (χ0) is 23.8. The van der Waals surface area contributed by atoms with E-state index in [1.54, 1.807) is 6.07 Å². The maximum atomic E-state index is 13.1. The average molecular weight is 473 g/mol. The van der Waals surface area contributed by atoms with E-state index in [1.165, 1.54) is 28.2 Å². The van der Waals surface area contributed by atoms with Crippen molar-refractivity contribution in [1.29, 1.82) is 0 Å². The van der Waals surface area contributed by atoms with Gasteiger partial charge in [-0.25, -0.2) is 4.98 Å². The van der Waals surface area contributed by atoms with Crippen molar-refractivity contribution in [2.45, 2.75) is 25.9 Å². The summed E-state index contributed by atoms with van der Waals surface area (Å²) in [7, 11) is 0. The fourth-order valence-corrected chi connectivity index (χ4v) is 3.74. The van der Waals surface area contributed by atoms with E-state index >= 15 is 0 Å². The Bertz CT molecular complexity index is 1360. The van der Waals surface area contributed by atoms with Crippen LogP contribution in [0.25, 0.3) is 16.5 Å². The number of benzene rings is 1. The summed E-state index contributed by atoms with van der Waals surface area (Å²) < 4.78 is 40.4. The Morgan fingerprint density at radius 2 is 1.94 bits per heavy atom. The van der Waals surface area contributed by atoms with Gasteiger partial charge in [-0.1, -0.05) is 26.0 Å². The molecular weight excluding hydrogens is 455 g/mol. The Hall–Kier alpha value is -3.73. The van der Waals surface area contributed by atoms with E-state index < -0.39 is 23.2 Å². The van der Waals surface area contributed by atoms with Crippen LogP contribution in [0.1, 0.15) is 41.4 Å². The number of hydrogen-bond donors (Lipinski definition) is 2. The minimum absolute atomic E-state index is 0.0403. The van der Waals surface area contributed by atoms with Crippen molar-refractivity contribution in [2.75, 3.05) is 5.32 Å². The second-order valence-corrected chi connectivity index (χ2v) is 8.43. The first-order valence-electron chi connectivity index (χ1n) is 9.86. The molecule has 11 heteroatoms. The quantitative estimate of drug-likeness (QED) is 0.423. The number of nitrogens with zero attached hydrogens (tertiary/aromatic N) is 3. The Morgan fingerprint density at radius 3 is 2.61 bits per heavy atom. The Labute approximate surface area is 189 Å². The lowest BCUT2D eigenvalue weighted by Gasteiger charge is -2.11. The minimum Gasteiger partial charge on any atom is -0.306 e. The lowest BCUT2D eigenvalue weighted by molar-refractivity contribution is -0.137. The molecule has 0 aliphatic heterocycles. The van der Waals surface area contributed by atoms with Gasteiger partial charge >= 0.3 is 6.18 Å². The van der Waals surface area contributed by atoms with Crippen LogP contribution in [0.3, 0.4) is 0 Å². The fraction of sp³-hybridized carbons (Fsp3) is 0.182. The van der Waals surface area contributed by atoms with Crippen LogP contribution in [-0.2, 0) is 6.18 Å². The van der Waals surface area contributed by atoms with Crippen LogP contribution in [0, 0.1) is 0 Å². The van der Waals surface area contributed by atoms with Crippen molar-refractivity contribution < 1.29 is 18.0 Å². The maximum absolute atomic E-state index is 13.1. The van der Waals surface area contributed by atoms with E-state index in [1.807, 2.05) is 31.4 Å². The zero-order valence-electron chi connectivity index (χ0n) is 17.5. The number of rotatable bonds is 5. The van der Waals surface area contributed by atoms with Crippen LogP contribution in [0.2, 0.25) is 0 Å². The van der Waals surface area contributed by atoms with Crippen LogP contribution in [-0.4, -0.2) is 25.7 Å². The molecular formula is C22H18F3N5O2S. The SMILES string of the molecule is CC(C)c1cc(=O)[nH]c(-n2nc(-c3cccs3)cc2NC(=O)c2cccc(C(F)(F)F)c2)n1. The molecule has 1 amide bonds. The zero-order valence-corrected chi connectivity index (χ0v) is 18.3. The lowest BCUT2D eigenvalue weighted by atomic mass is 10.1. The van der Waals surface area contributed by atoms with E-state index in [2.05, 4.69) is 20.4 Å². The molecule has 0 aliphatic carbocycles. The molecule has 170 valence electrons. The summed E-state index contributed by atoms with van der Waals surface area (Å²) in [6, 6.07) is 10.7. The fourth-order valence-electron chi connectivity index (χ4n) is 3.06. The van der Waals surface area contributed by atoms with Crippen molar-refractivity contribution >= 4 is 23.1 Å². The van der Waals surface area contributed by atoms with E-state index in [4.69, 9.17) is 0 Å². The summed E-state index contributed by atoms with van der Waals surface area (Å²) in [4.78, 5) is 32.8. The van der Waals surface area contributed by atoms with Gasteiger partial charge in [0.2, 0.25) is 5.95 Å². The highest BCUT2D eigenvalue weighted by Gasteiger charge is 2.31. The molecule has 4 rings (SSSR count). The molecule has 0 atom stereocenters. The molecule has 0 aliphatic rings. The van der Waals surface area contributed by atoms with Gasteiger partial charge in [-0.15, -0.1) is 11.3 Å². The molecule has 4 aromatic rings. The summed E-state index contributed by atoms with van der Waals surface area (Å²) in [5.41, 5.74) is -0.475. The number of anilines is 1. The Kier molecular flexibility index (Phi) is 5.90. The number of aromatic amines is 1. The largest absolute Gasteiger partial charge is 0.416 e. The van der Waals surface area contributed by atoms with Gasteiger partial charge in [0.15, 0.2) is 0 Å². The van der Waals surface area contributed by atoms with E-state index in [0.717, 1.165) is 23.1 Å². The molecule has 2 N–H and O–H groups in total. The molecule has 0 bridgehead atoms. The summed E-state index contributed by atoms with van der Waals surface area (Å²) in [6.07, 6.45) is -4.58. The molecule has 3 heterocycles. The number of aromatic nitrogens is 4. The van der Waals surface area contributed by atoms with Gasteiger partial charge in [0.1, 0.15) is 11.5 Å². The van der Waals surface area contributed by atoms with Crippen LogP contribution in [0.5, 0.6) is 0 Å². The van der Waals surface area contributed by atoms with E-state index in [0.29, 0.717) is 11.4 Å². The van der Waals surface area contributed by atoms with E-state index in [-0.39, 0.29) is 23.2 Å².